The molecule has 1 unspecified atom stereocenters. The van der Waals surface area contributed by atoms with Crippen molar-refractivity contribution >= 4 is 0 Å². The molecule has 1 aliphatic rings. The van der Waals surface area contributed by atoms with Gasteiger partial charge in [-0.3, -0.25) is 0 Å². The normalized spacial score (nSPS) is 24.8. The summed E-state index contributed by atoms with van der Waals surface area (Å²) in [4.78, 5) is 4.19. The Hall–Kier alpha value is -1.77. The first-order chi connectivity index (χ1) is 7.24. The number of hydrogen-bond donors (Lipinski definition) is 1. The third-order valence-corrected chi connectivity index (χ3v) is 2.51. The summed E-state index contributed by atoms with van der Waals surface area (Å²) in [7, 11) is 1.90. The fourth-order valence-corrected chi connectivity index (χ4v) is 1.52. The molecule has 0 aromatic carbocycles. The second kappa shape index (κ2) is 3.77. The van der Waals surface area contributed by atoms with Crippen molar-refractivity contribution in [1.82, 2.24) is 10.3 Å². The highest BCUT2D eigenvalue weighted by molar-refractivity contribution is 5.35. The molecular formula is C12H14N2O. The standard InChI is InChI=1S/C12H14N2O/c1-12(11-14-8-9-15-11)6-3-4-10(13-2)5-7-12/h3-9,13H,1-2H3. The van der Waals surface area contributed by atoms with Crippen molar-refractivity contribution in [3.8, 4) is 0 Å². The topological polar surface area (TPSA) is 38.1 Å². The molecule has 0 saturated carbocycles. The Morgan fingerprint density at radius 2 is 2.27 bits per heavy atom. The average molecular weight is 202 g/mol. The number of nitrogens with zero attached hydrogens (tertiary/aromatic N) is 1. The zero-order valence-corrected chi connectivity index (χ0v) is 8.90. The van der Waals surface area contributed by atoms with E-state index in [0.29, 0.717) is 5.89 Å². The SMILES string of the molecule is CNC1=CC=CC(C)(c2ncco2)C=C1. The molecule has 15 heavy (non-hydrogen) atoms. The first-order valence-corrected chi connectivity index (χ1v) is 4.91. The highest BCUT2D eigenvalue weighted by atomic mass is 16.3. The average Bonchev–Trinajstić information content (AvgIpc) is 2.71. The molecule has 0 spiro atoms. The van der Waals surface area contributed by atoms with Gasteiger partial charge in [0.25, 0.3) is 0 Å². The van der Waals surface area contributed by atoms with Crippen LogP contribution in [0.4, 0.5) is 0 Å². The summed E-state index contributed by atoms with van der Waals surface area (Å²) >= 11 is 0. The van der Waals surface area contributed by atoms with Gasteiger partial charge in [0.15, 0.2) is 0 Å². The molecule has 1 aromatic rings. The molecule has 0 amide bonds. The highest BCUT2D eigenvalue weighted by Gasteiger charge is 2.25. The van der Waals surface area contributed by atoms with E-state index in [2.05, 4.69) is 29.4 Å². The lowest BCUT2D eigenvalue weighted by atomic mass is 9.90. The number of aromatic nitrogens is 1. The zero-order valence-electron chi connectivity index (χ0n) is 8.90. The van der Waals surface area contributed by atoms with Crippen molar-refractivity contribution in [2.24, 2.45) is 0 Å². The summed E-state index contributed by atoms with van der Waals surface area (Å²) in [5, 5.41) is 3.10. The molecule has 1 N–H and O–H groups in total. The Morgan fingerprint density at radius 3 is 2.93 bits per heavy atom. The molecular weight excluding hydrogens is 188 g/mol. The van der Waals surface area contributed by atoms with E-state index in [9.17, 15) is 0 Å². The second-order valence-corrected chi connectivity index (χ2v) is 3.68. The molecule has 0 radical (unpaired) electrons. The molecule has 1 atom stereocenters. The molecule has 1 aromatic heterocycles. The number of allylic oxidation sites excluding steroid dienone is 5. The van der Waals surface area contributed by atoms with Crippen molar-refractivity contribution in [2.45, 2.75) is 12.3 Å². The minimum Gasteiger partial charge on any atom is -0.448 e. The number of nitrogens with one attached hydrogen (secondary N) is 1. The summed E-state index contributed by atoms with van der Waals surface area (Å²) in [5.74, 6) is 0.709. The lowest BCUT2D eigenvalue weighted by molar-refractivity contribution is 0.444. The van der Waals surface area contributed by atoms with Crippen molar-refractivity contribution in [2.75, 3.05) is 7.05 Å². The smallest absolute Gasteiger partial charge is 0.207 e. The van der Waals surface area contributed by atoms with Gasteiger partial charge in [-0.1, -0.05) is 18.2 Å². The minimum absolute atomic E-state index is 0.265. The molecule has 2 rings (SSSR count). The molecule has 3 nitrogen and oxygen atoms in total. The van der Waals surface area contributed by atoms with Crippen LogP contribution in [0.3, 0.4) is 0 Å². The van der Waals surface area contributed by atoms with Crippen LogP contribution in [0.1, 0.15) is 12.8 Å². The Labute approximate surface area is 89.2 Å². The maximum atomic E-state index is 5.34. The molecule has 78 valence electrons. The predicted octanol–water partition coefficient (Wildman–Crippen LogP) is 2.16. The van der Waals surface area contributed by atoms with Crippen LogP contribution in [0, 0.1) is 0 Å². The lowest BCUT2D eigenvalue weighted by Gasteiger charge is -2.16. The Kier molecular flexibility index (Phi) is 2.46. The Balaban J connectivity index is 2.34. The van der Waals surface area contributed by atoms with Gasteiger partial charge >= 0.3 is 0 Å². The summed E-state index contributed by atoms with van der Waals surface area (Å²) in [6.07, 6.45) is 13.5. The molecule has 0 saturated heterocycles. The fraction of sp³-hybridized carbons (Fsp3) is 0.250. The minimum atomic E-state index is -0.265. The molecule has 1 aliphatic carbocycles. The van der Waals surface area contributed by atoms with Gasteiger partial charge in [0.1, 0.15) is 6.26 Å². The monoisotopic (exact) mass is 202 g/mol. The van der Waals surface area contributed by atoms with Crippen LogP contribution in [-0.2, 0) is 5.41 Å². The van der Waals surface area contributed by atoms with Crippen molar-refractivity contribution in [3.05, 3.63) is 54.4 Å². The fourth-order valence-electron chi connectivity index (χ4n) is 1.52. The molecule has 0 aliphatic heterocycles. The van der Waals surface area contributed by atoms with Gasteiger partial charge in [0.05, 0.1) is 11.6 Å². The van der Waals surface area contributed by atoms with Crippen LogP contribution in [0.2, 0.25) is 0 Å². The Morgan fingerprint density at radius 1 is 1.40 bits per heavy atom. The van der Waals surface area contributed by atoms with E-state index in [4.69, 9.17) is 4.42 Å². The molecule has 0 fully saturated rings. The first-order valence-electron chi connectivity index (χ1n) is 4.91. The van der Waals surface area contributed by atoms with Crippen molar-refractivity contribution in [3.63, 3.8) is 0 Å². The van der Waals surface area contributed by atoms with Crippen LogP contribution < -0.4 is 5.32 Å². The largest absolute Gasteiger partial charge is 0.448 e. The lowest BCUT2D eigenvalue weighted by Crippen LogP contribution is -2.15. The summed E-state index contributed by atoms with van der Waals surface area (Å²) in [6.45, 7) is 2.07. The third-order valence-electron chi connectivity index (χ3n) is 2.51. The molecule has 1 heterocycles. The van der Waals surface area contributed by atoms with Crippen LogP contribution in [-0.4, -0.2) is 12.0 Å². The number of rotatable bonds is 2. The van der Waals surface area contributed by atoms with Gasteiger partial charge in [0.2, 0.25) is 5.89 Å². The molecule has 0 bridgehead atoms. The quantitative estimate of drug-likeness (QED) is 0.798. The van der Waals surface area contributed by atoms with Crippen LogP contribution in [0.5, 0.6) is 0 Å². The predicted molar refractivity (Wildman–Crippen MR) is 59.3 cm³/mol. The van der Waals surface area contributed by atoms with Gasteiger partial charge in [0, 0.05) is 12.7 Å². The van der Waals surface area contributed by atoms with E-state index in [1.165, 1.54) is 0 Å². The van der Waals surface area contributed by atoms with Crippen molar-refractivity contribution in [1.29, 1.82) is 0 Å². The van der Waals surface area contributed by atoms with E-state index in [-0.39, 0.29) is 5.41 Å². The highest BCUT2D eigenvalue weighted by Crippen LogP contribution is 2.27. The molecule has 3 heteroatoms. The van der Waals surface area contributed by atoms with E-state index in [1.807, 2.05) is 25.3 Å². The van der Waals surface area contributed by atoms with Crippen LogP contribution in [0.25, 0.3) is 0 Å². The third kappa shape index (κ3) is 1.86. The van der Waals surface area contributed by atoms with E-state index in [0.717, 1.165) is 5.70 Å². The summed E-state index contributed by atoms with van der Waals surface area (Å²) < 4.78 is 5.34. The first kappa shape index (κ1) is 9.77. The second-order valence-electron chi connectivity index (χ2n) is 3.68. The number of oxazole rings is 1. The summed E-state index contributed by atoms with van der Waals surface area (Å²) in [5.41, 5.74) is 0.806. The van der Waals surface area contributed by atoms with Crippen LogP contribution >= 0.6 is 0 Å². The van der Waals surface area contributed by atoms with E-state index >= 15 is 0 Å². The summed E-state index contributed by atoms with van der Waals surface area (Å²) in [6, 6.07) is 0. The van der Waals surface area contributed by atoms with E-state index < -0.39 is 0 Å². The van der Waals surface area contributed by atoms with Gasteiger partial charge in [-0.2, -0.15) is 0 Å². The van der Waals surface area contributed by atoms with Crippen molar-refractivity contribution < 1.29 is 4.42 Å². The van der Waals surface area contributed by atoms with Crippen LogP contribution in [0.15, 0.2) is 53.0 Å². The number of hydrogen-bond acceptors (Lipinski definition) is 3. The van der Waals surface area contributed by atoms with Gasteiger partial charge in [-0.15, -0.1) is 0 Å². The van der Waals surface area contributed by atoms with Gasteiger partial charge in [-0.25, -0.2) is 4.98 Å². The van der Waals surface area contributed by atoms with Gasteiger partial charge < -0.3 is 9.73 Å². The zero-order chi connectivity index (χ0) is 10.7. The van der Waals surface area contributed by atoms with Gasteiger partial charge in [-0.05, 0) is 19.1 Å². The number of likely N-dealkylation sites (N-methyl/N-ethyl adjacent to an activating group) is 1. The van der Waals surface area contributed by atoms with E-state index in [1.54, 1.807) is 12.5 Å². The Bertz CT molecular complexity index is 415. The maximum Gasteiger partial charge on any atom is 0.207 e. The maximum absolute atomic E-state index is 5.34.